The summed E-state index contributed by atoms with van der Waals surface area (Å²) in [6.07, 6.45) is 13.9. The Kier molecular flexibility index (Phi) is 12.9. The fourth-order valence-corrected chi connectivity index (χ4v) is 4.92. The summed E-state index contributed by atoms with van der Waals surface area (Å²) >= 11 is 12.1. The average molecular weight is 531 g/mol. The third kappa shape index (κ3) is 9.59. The number of rotatable bonds is 17. The minimum Gasteiger partial charge on any atom is -0.493 e. The molecule has 0 aliphatic heterocycles. The second-order valence-corrected chi connectivity index (χ2v) is 10.5. The van der Waals surface area contributed by atoms with Gasteiger partial charge in [0.1, 0.15) is 5.75 Å². The van der Waals surface area contributed by atoms with Crippen molar-refractivity contribution in [2.24, 2.45) is 0 Å². The van der Waals surface area contributed by atoms with Crippen molar-refractivity contribution in [1.29, 1.82) is 0 Å². The number of nitrogens with zero attached hydrogens (tertiary/aromatic N) is 1. The van der Waals surface area contributed by atoms with Gasteiger partial charge in [0.15, 0.2) is 0 Å². The molecule has 3 aromatic carbocycles. The van der Waals surface area contributed by atoms with Gasteiger partial charge in [0.25, 0.3) is 0 Å². The zero-order valence-electron chi connectivity index (χ0n) is 21.7. The van der Waals surface area contributed by atoms with E-state index < -0.39 is 0 Å². The molecule has 0 fully saturated rings. The van der Waals surface area contributed by atoms with Crippen LogP contribution in [0, 0.1) is 0 Å². The Morgan fingerprint density at radius 2 is 1.42 bits per heavy atom. The Bertz CT molecular complexity index is 1060. The predicted molar refractivity (Wildman–Crippen MR) is 154 cm³/mol. The van der Waals surface area contributed by atoms with Gasteiger partial charge in [-0.15, -0.1) is 0 Å². The normalized spacial score (nSPS) is 11.5. The average Bonchev–Trinajstić information content (AvgIpc) is 2.89. The summed E-state index contributed by atoms with van der Waals surface area (Å²) in [5.74, 6) is 0.922. The van der Waals surface area contributed by atoms with Crippen LogP contribution in [0.2, 0.25) is 10.0 Å². The smallest absolute Gasteiger partial charge is 0.127 e. The highest BCUT2D eigenvalue weighted by molar-refractivity contribution is 6.42. The maximum absolute atomic E-state index is 10.6. The first-order chi connectivity index (χ1) is 17.6. The molecule has 3 aromatic rings. The molecule has 1 N–H and O–H groups in total. The zero-order chi connectivity index (χ0) is 25.6. The molecule has 36 heavy (non-hydrogen) atoms. The highest BCUT2D eigenvalue weighted by Crippen LogP contribution is 2.30. The largest absolute Gasteiger partial charge is 0.493 e. The summed E-state index contributed by atoms with van der Waals surface area (Å²) in [5, 5.41) is 15.2. The lowest BCUT2D eigenvalue weighted by Crippen LogP contribution is -2.21. The van der Waals surface area contributed by atoms with Crippen LogP contribution in [0.3, 0.4) is 0 Å². The molecule has 0 unspecified atom stereocenters. The number of halogens is 2. The highest BCUT2D eigenvalue weighted by Gasteiger charge is 2.11. The van der Waals surface area contributed by atoms with Crippen molar-refractivity contribution in [1.82, 2.24) is 5.06 Å². The van der Waals surface area contributed by atoms with Crippen LogP contribution in [0.5, 0.6) is 5.75 Å². The number of benzene rings is 3. The van der Waals surface area contributed by atoms with Crippen molar-refractivity contribution >= 4 is 34.0 Å². The van der Waals surface area contributed by atoms with Gasteiger partial charge < -0.3 is 9.94 Å². The lowest BCUT2D eigenvalue weighted by molar-refractivity contribution is -0.0979. The number of hydrogen-bond donors (Lipinski definition) is 1. The molecule has 0 heterocycles. The number of unbranched alkanes of at least 4 members (excludes halogenated alkanes) is 9. The SMILES string of the molecule is CCCCCCCCCCCCOc1ccc(CN(O)CCc2ccc(Cl)c(Cl)c2)c2ccccc12. The van der Waals surface area contributed by atoms with Gasteiger partial charge in [0, 0.05) is 18.5 Å². The molecule has 0 aliphatic carbocycles. The van der Waals surface area contributed by atoms with Crippen LogP contribution in [0.25, 0.3) is 10.8 Å². The molecule has 0 saturated carbocycles. The van der Waals surface area contributed by atoms with Crippen molar-refractivity contribution < 1.29 is 9.94 Å². The van der Waals surface area contributed by atoms with Gasteiger partial charge in [-0.05, 0) is 47.6 Å². The lowest BCUT2D eigenvalue weighted by atomic mass is 10.0. The summed E-state index contributed by atoms with van der Waals surface area (Å²) in [4.78, 5) is 0. The van der Waals surface area contributed by atoms with Gasteiger partial charge in [-0.3, -0.25) is 0 Å². The lowest BCUT2D eigenvalue weighted by Gasteiger charge is -2.18. The molecule has 0 aliphatic rings. The van der Waals surface area contributed by atoms with E-state index in [1.807, 2.05) is 30.3 Å². The number of hydroxylamine groups is 2. The monoisotopic (exact) mass is 529 g/mol. The summed E-state index contributed by atoms with van der Waals surface area (Å²) in [6.45, 7) is 3.96. The minimum atomic E-state index is 0.445. The van der Waals surface area contributed by atoms with Crippen LogP contribution in [0.4, 0.5) is 0 Å². The molecular formula is C31H41Cl2NO2. The van der Waals surface area contributed by atoms with E-state index in [2.05, 4.69) is 25.1 Å². The quantitative estimate of drug-likeness (QED) is 0.139. The summed E-state index contributed by atoms with van der Waals surface area (Å²) in [5.41, 5.74) is 2.12. The topological polar surface area (TPSA) is 32.7 Å². The summed E-state index contributed by atoms with van der Waals surface area (Å²) in [7, 11) is 0. The molecule has 0 aromatic heterocycles. The predicted octanol–water partition coefficient (Wildman–Crippen LogP) is 9.88. The van der Waals surface area contributed by atoms with Crippen molar-refractivity contribution in [2.45, 2.75) is 84.1 Å². The molecule has 0 bridgehead atoms. The number of fused-ring (bicyclic) bond motifs is 1. The van der Waals surface area contributed by atoms with Crippen LogP contribution < -0.4 is 4.74 Å². The highest BCUT2D eigenvalue weighted by atomic mass is 35.5. The molecule has 0 radical (unpaired) electrons. The van der Waals surface area contributed by atoms with E-state index in [1.54, 1.807) is 6.07 Å². The Hall–Kier alpha value is -1.78. The molecule has 3 rings (SSSR count). The van der Waals surface area contributed by atoms with Crippen molar-refractivity contribution in [2.75, 3.05) is 13.2 Å². The van der Waals surface area contributed by atoms with Gasteiger partial charge in [-0.2, -0.15) is 5.06 Å². The van der Waals surface area contributed by atoms with E-state index in [-0.39, 0.29) is 0 Å². The summed E-state index contributed by atoms with van der Waals surface area (Å²) < 4.78 is 6.18. The number of ether oxygens (including phenoxy) is 1. The van der Waals surface area contributed by atoms with Crippen LogP contribution in [-0.2, 0) is 13.0 Å². The van der Waals surface area contributed by atoms with Crippen LogP contribution >= 0.6 is 23.2 Å². The summed E-state index contributed by atoms with van der Waals surface area (Å²) in [6, 6.07) is 18.0. The first-order valence-corrected chi connectivity index (χ1v) is 14.3. The van der Waals surface area contributed by atoms with Gasteiger partial charge in [0.2, 0.25) is 0 Å². The third-order valence-electron chi connectivity index (χ3n) is 6.73. The standard InChI is InChI=1S/C31H41Cl2NO2/c1-2-3-4-5-6-7-8-9-10-13-22-36-31-19-17-26(27-14-11-12-15-28(27)31)24-34(35)21-20-25-16-18-29(32)30(33)23-25/h11-12,14-19,23,35H,2-10,13,20-22,24H2,1H3. The van der Waals surface area contributed by atoms with Gasteiger partial charge in [-0.25, -0.2) is 0 Å². The molecule has 0 amide bonds. The minimum absolute atomic E-state index is 0.445. The van der Waals surface area contributed by atoms with Crippen molar-refractivity contribution in [3.8, 4) is 5.75 Å². The molecule has 3 nitrogen and oxygen atoms in total. The van der Waals surface area contributed by atoms with E-state index in [9.17, 15) is 5.21 Å². The van der Waals surface area contributed by atoms with E-state index in [1.165, 1.54) is 62.9 Å². The molecule has 0 atom stereocenters. The van der Waals surface area contributed by atoms with E-state index in [0.29, 0.717) is 29.6 Å². The molecular weight excluding hydrogens is 489 g/mol. The van der Waals surface area contributed by atoms with Crippen LogP contribution in [-0.4, -0.2) is 23.4 Å². The van der Waals surface area contributed by atoms with E-state index in [0.717, 1.165) is 40.7 Å². The Morgan fingerprint density at radius 3 is 2.11 bits per heavy atom. The van der Waals surface area contributed by atoms with Crippen molar-refractivity contribution in [3.05, 3.63) is 75.8 Å². The zero-order valence-corrected chi connectivity index (χ0v) is 23.2. The van der Waals surface area contributed by atoms with Gasteiger partial charge in [0.05, 0.1) is 16.7 Å². The van der Waals surface area contributed by atoms with Crippen molar-refractivity contribution in [3.63, 3.8) is 0 Å². The van der Waals surface area contributed by atoms with E-state index in [4.69, 9.17) is 27.9 Å². The Balaban J connectivity index is 1.44. The molecule has 0 spiro atoms. The second-order valence-electron chi connectivity index (χ2n) is 9.69. The van der Waals surface area contributed by atoms with Gasteiger partial charge in [-0.1, -0.05) is 124 Å². The molecule has 5 heteroatoms. The first-order valence-electron chi connectivity index (χ1n) is 13.6. The van der Waals surface area contributed by atoms with Crippen LogP contribution in [0.1, 0.15) is 82.3 Å². The fourth-order valence-electron chi connectivity index (χ4n) is 4.60. The molecule has 196 valence electrons. The second kappa shape index (κ2) is 16.1. The molecule has 0 saturated heterocycles. The Morgan fingerprint density at radius 1 is 0.750 bits per heavy atom. The maximum Gasteiger partial charge on any atom is 0.127 e. The van der Waals surface area contributed by atoms with E-state index >= 15 is 0 Å². The maximum atomic E-state index is 10.6. The fraction of sp³-hybridized carbons (Fsp3) is 0.484. The third-order valence-corrected chi connectivity index (χ3v) is 7.46. The first kappa shape index (κ1) is 28.8. The van der Waals surface area contributed by atoms with Gasteiger partial charge >= 0.3 is 0 Å². The van der Waals surface area contributed by atoms with Crippen LogP contribution in [0.15, 0.2) is 54.6 Å². The Labute approximate surface area is 227 Å². The number of hydrogen-bond acceptors (Lipinski definition) is 3.